The van der Waals surface area contributed by atoms with E-state index in [1.165, 1.54) is 0 Å². The Bertz CT molecular complexity index is 453. The van der Waals surface area contributed by atoms with Gasteiger partial charge in [-0.25, -0.2) is 4.79 Å². The van der Waals surface area contributed by atoms with Crippen LogP contribution in [0.25, 0.3) is 0 Å². The highest BCUT2D eigenvalue weighted by Crippen LogP contribution is 2.18. The standard InChI is InChI=1S/C12H18N2O5/c1-12(2,4-5-18-3)7-13-10(15)8-6-9(11(16)17)19-14-8/h6H,4-5,7H2,1-3H3,(H,13,15)(H,16,17). The maximum atomic E-state index is 11.7. The largest absolute Gasteiger partial charge is 0.475 e. The molecule has 1 aromatic rings. The smallest absolute Gasteiger partial charge is 0.374 e. The van der Waals surface area contributed by atoms with Crippen LogP contribution in [-0.4, -0.2) is 42.4 Å². The molecule has 0 aromatic carbocycles. The Hall–Kier alpha value is -1.89. The van der Waals surface area contributed by atoms with E-state index in [0.717, 1.165) is 12.5 Å². The lowest BCUT2D eigenvalue weighted by molar-refractivity contribution is 0.0651. The molecular formula is C12H18N2O5. The first-order valence-electron chi connectivity index (χ1n) is 5.83. The van der Waals surface area contributed by atoms with Crippen molar-refractivity contribution >= 4 is 11.9 Å². The first-order valence-corrected chi connectivity index (χ1v) is 5.83. The Morgan fingerprint density at radius 2 is 2.21 bits per heavy atom. The van der Waals surface area contributed by atoms with E-state index in [0.29, 0.717) is 13.2 Å². The van der Waals surface area contributed by atoms with Crippen LogP contribution in [0.1, 0.15) is 41.3 Å². The van der Waals surface area contributed by atoms with Crippen molar-refractivity contribution in [2.24, 2.45) is 5.41 Å². The molecule has 0 unspecified atom stereocenters. The first kappa shape index (κ1) is 15.2. The lowest BCUT2D eigenvalue weighted by Crippen LogP contribution is -2.34. The summed E-state index contributed by atoms with van der Waals surface area (Å²) in [5, 5.41) is 14.8. The molecular weight excluding hydrogens is 252 g/mol. The fraction of sp³-hybridized carbons (Fsp3) is 0.583. The third kappa shape index (κ3) is 4.70. The summed E-state index contributed by atoms with van der Waals surface area (Å²) in [4.78, 5) is 22.3. The zero-order valence-corrected chi connectivity index (χ0v) is 11.2. The van der Waals surface area contributed by atoms with Crippen molar-refractivity contribution in [2.75, 3.05) is 20.3 Å². The topological polar surface area (TPSA) is 102 Å². The maximum absolute atomic E-state index is 11.7. The molecule has 1 amide bonds. The highest BCUT2D eigenvalue weighted by molar-refractivity contribution is 5.94. The summed E-state index contributed by atoms with van der Waals surface area (Å²) in [6, 6.07) is 1.10. The van der Waals surface area contributed by atoms with Crippen LogP contribution in [0.15, 0.2) is 10.6 Å². The van der Waals surface area contributed by atoms with Gasteiger partial charge in [-0.3, -0.25) is 4.79 Å². The molecule has 19 heavy (non-hydrogen) atoms. The van der Waals surface area contributed by atoms with E-state index in [1.807, 2.05) is 13.8 Å². The van der Waals surface area contributed by atoms with E-state index >= 15 is 0 Å². The Morgan fingerprint density at radius 3 is 2.74 bits per heavy atom. The molecule has 1 rings (SSSR count). The number of carbonyl (C=O) groups excluding carboxylic acids is 1. The molecule has 1 heterocycles. The van der Waals surface area contributed by atoms with Gasteiger partial charge >= 0.3 is 5.97 Å². The molecule has 0 aliphatic heterocycles. The van der Waals surface area contributed by atoms with Gasteiger partial charge in [-0.05, 0) is 11.8 Å². The molecule has 0 spiro atoms. The van der Waals surface area contributed by atoms with Crippen LogP contribution in [0.5, 0.6) is 0 Å². The van der Waals surface area contributed by atoms with Gasteiger partial charge in [0.05, 0.1) is 0 Å². The summed E-state index contributed by atoms with van der Waals surface area (Å²) in [7, 11) is 1.62. The number of rotatable bonds is 7. The van der Waals surface area contributed by atoms with Crippen molar-refractivity contribution in [3.8, 4) is 0 Å². The van der Waals surface area contributed by atoms with Crippen molar-refractivity contribution in [1.29, 1.82) is 0 Å². The van der Waals surface area contributed by atoms with Gasteiger partial charge in [0.25, 0.3) is 5.91 Å². The van der Waals surface area contributed by atoms with Gasteiger partial charge in [-0.1, -0.05) is 19.0 Å². The summed E-state index contributed by atoms with van der Waals surface area (Å²) in [6.45, 7) is 5.04. The molecule has 2 N–H and O–H groups in total. The molecule has 0 radical (unpaired) electrons. The second kappa shape index (κ2) is 6.33. The Morgan fingerprint density at radius 1 is 1.53 bits per heavy atom. The lowest BCUT2D eigenvalue weighted by atomic mass is 9.89. The third-order valence-corrected chi connectivity index (χ3v) is 2.66. The van der Waals surface area contributed by atoms with E-state index in [9.17, 15) is 9.59 Å². The molecule has 0 atom stereocenters. The summed E-state index contributed by atoms with van der Waals surface area (Å²) in [6.07, 6.45) is 0.795. The minimum atomic E-state index is -1.26. The minimum absolute atomic E-state index is 0.0417. The molecule has 0 aliphatic rings. The zero-order chi connectivity index (χ0) is 14.5. The summed E-state index contributed by atoms with van der Waals surface area (Å²) < 4.78 is 9.51. The maximum Gasteiger partial charge on any atom is 0.374 e. The Labute approximate surface area is 110 Å². The number of nitrogens with one attached hydrogen (secondary N) is 1. The highest BCUT2D eigenvalue weighted by atomic mass is 16.5. The van der Waals surface area contributed by atoms with Gasteiger partial charge < -0.3 is 19.7 Å². The quantitative estimate of drug-likeness (QED) is 0.771. The van der Waals surface area contributed by atoms with Gasteiger partial charge in [0, 0.05) is 26.3 Å². The molecule has 7 nitrogen and oxygen atoms in total. The van der Waals surface area contributed by atoms with Crippen LogP contribution < -0.4 is 5.32 Å². The van der Waals surface area contributed by atoms with Crippen LogP contribution in [0, 0.1) is 5.41 Å². The van der Waals surface area contributed by atoms with Crippen LogP contribution in [0.4, 0.5) is 0 Å². The number of amides is 1. The molecule has 1 aromatic heterocycles. The van der Waals surface area contributed by atoms with Gasteiger partial charge in [-0.2, -0.15) is 0 Å². The second-order valence-electron chi connectivity index (χ2n) is 4.97. The number of carboxylic acids is 1. The average Bonchev–Trinajstić information content (AvgIpc) is 2.83. The normalized spacial score (nSPS) is 11.3. The first-order chi connectivity index (χ1) is 8.85. The number of aromatic carboxylic acids is 1. The fourth-order valence-electron chi connectivity index (χ4n) is 1.36. The van der Waals surface area contributed by atoms with Crippen LogP contribution in [0.2, 0.25) is 0 Å². The summed E-state index contributed by atoms with van der Waals surface area (Å²) in [5.74, 6) is -2.07. The second-order valence-corrected chi connectivity index (χ2v) is 4.97. The molecule has 0 bridgehead atoms. The zero-order valence-electron chi connectivity index (χ0n) is 11.2. The van der Waals surface area contributed by atoms with Gasteiger partial charge in [0.1, 0.15) is 0 Å². The predicted molar refractivity (Wildman–Crippen MR) is 66.1 cm³/mol. The van der Waals surface area contributed by atoms with Gasteiger partial charge in [0.2, 0.25) is 5.76 Å². The highest BCUT2D eigenvalue weighted by Gasteiger charge is 2.21. The molecule has 0 aliphatic carbocycles. The number of methoxy groups -OCH3 is 1. The van der Waals surface area contributed by atoms with Crippen molar-refractivity contribution in [3.63, 3.8) is 0 Å². The number of aromatic nitrogens is 1. The molecule has 0 saturated heterocycles. The monoisotopic (exact) mass is 270 g/mol. The average molecular weight is 270 g/mol. The van der Waals surface area contributed by atoms with E-state index in [4.69, 9.17) is 9.84 Å². The number of ether oxygens (including phenoxy) is 1. The predicted octanol–water partition coefficient (Wildman–Crippen LogP) is 1.17. The lowest BCUT2D eigenvalue weighted by Gasteiger charge is -2.24. The summed E-state index contributed by atoms with van der Waals surface area (Å²) >= 11 is 0. The number of nitrogens with zero attached hydrogens (tertiary/aromatic N) is 1. The third-order valence-electron chi connectivity index (χ3n) is 2.66. The molecule has 106 valence electrons. The van der Waals surface area contributed by atoms with Crippen LogP contribution >= 0.6 is 0 Å². The van der Waals surface area contributed by atoms with Crippen LogP contribution in [-0.2, 0) is 4.74 Å². The van der Waals surface area contributed by atoms with Crippen molar-refractivity contribution in [1.82, 2.24) is 10.5 Å². The Kier molecular flexibility index (Phi) is 5.05. The van der Waals surface area contributed by atoms with Gasteiger partial charge in [-0.15, -0.1) is 0 Å². The van der Waals surface area contributed by atoms with Gasteiger partial charge in [0.15, 0.2) is 5.69 Å². The molecule has 7 heteroatoms. The minimum Gasteiger partial charge on any atom is -0.475 e. The molecule has 0 saturated carbocycles. The SMILES string of the molecule is COCCC(C)(C)CNC(=O)c1cc(C(=O)O)on1. The number of hydrogen-bond acceptors (Lipinski definition) is 5. The van der Waals surface area contributed by atoms with Crippen LogP contribution in [0.3, 0.4) is 0 Å². The van der Waals surface area contributed by atoms with Crippen molar-refractivity contribution in [2.45, 2.75) is 20.3 Å². The van der Waals surface area contributed by atoms with Crippen molar-refractivity contribution < 1.29 is 24.0 Å². The Balaban J connectivity index is 2.52. The van der Waals surface area contributed by atoms with E-state index in [1.54, 1.807) is 7.11 Å². The van der Waals surface area contributed by atoms with Crippen molar-refractivity contribution in [3.05, 3.63) is 17.5 Å². The van der Waals surface area contributed by atoms with E-state index in [2.05, 4.69) is 15.0 Å². The number of carboxylic acid groups (broad SMARTS) is 1. The number of carbonyl (C=O) groups is 2. The summed E-state index contributed by atoms with van der Waals surface area (Å²) in [5.41, 5.74) is -0.162. The van der Waals surface area contributed by atoms with E-state index in [-0.39, 0.29) is 16.9 Å². The fourth-order valence-corrected chi connectivity index (χ4v) is 1.36. The number of hydrogen-bond donors (Lipinski definition) is 2. The molecule has 0 fully saturated rings. The van der Waals surface area contributed by atoms with E-state index < -0.39 is 11.9 Å².